The fraction of sp³-hybridized carbons (Fsp3) is 0.217. The number of hydrogen-bond acceptors (Lipinski definition) is 7. The van der Waals surface area contributed by atoms with Crippen LogP contribution in [0.15, 0.2) is 57.5 Å². The average molecular weight is 579 g/mol. The summed E-state index contributed by atoms with van der Waals surface area (Å²) in [5.74, 6) is 1.45. The minimum atomic E-state index is -0.151. The molecule has 0 saturated heterocycles. The quantitative estimate of drug-likeness (QED) is 0.230. The SMILES string of the molecule is CCn1c(COc2ccc(Cl)c(C)c2)nnc1SCC(=O)Nc1nc(-c2ccc(Br)cc2)cs1. The van der Waals surface area contributed by atoms with E-state index in [0.717, 1.165) is 21.3 Å². The maximum Gasteiger partial charge on any atom is 0.236 e. The number of nitrogens with zero attached hydrogens (tertiary/aromatic N) is 4. The molecule has 0 spiro atoms. The monoisotopic (exact) mass is 577 g/mol. The van der Waals surface area contributed by atoms with Crippen molar-refractivity contribution in [3.05, 3.63) is 68.7 Å². The average Bonchev–Trinajstić information content (AvgIpc) is 3.45. The summed E-state index contributed by atoms with van der Waals surface area (Å²) in [6.45, 7) is 4.87. The van der Waals surface area contributed by atoms with Gasteiger partial charge in [-0.05, 0) is 49.7 Å². The molecular weight excluding hydrogens is 558 g/mol. The number of benzene rings is 2. The number of aromatic nitrogens is 4. The predicted octanol–water partition coefficient (Wildman–Crippen LogP) is 6.46. The second-order valence-electron chi connectivity index (χ2n) is 7.22. The molecule has 0 saturated carbocycles. The van der Waals surface area contributed by atoms with Gasteiger partial charge < -0.3 is 14.6 Å². The zero-order chi connectivity index (χ0) is 24.1. The van der Waals surface area contributed by atoms with Gasteiger partial charge in [-0.2, -0.15) is 0 Å². The Balaban J connectivity index is 1.32. The lowest BCUT2D eigenvalue weighted by molar-refractivity contribution is -0.113. The lowest BCUT2D eigenvalue weighted by Crippen LogP contribution is -2.14. The van der Waals surface area contributed by atoms with E-state index >= 15 is 0 Å². The molecule has 4 rings (SSSR count). The van der Waals surface area contributed by atoms with Gasteiger partial charge in [-0.15, -0.1) is 21.5 Å². The zero-order valence-electron chi connectivity index (χ0n) is 18.4. The molecule has 2 aromatic heterocycles. The van der Waals surface area contributed by atoms with Crippen molar-refractivity contribution in [2.75, 3.05) is 11.1 Å². The standard InChI is InChI=1S/C23H21BrClN5O2S2/c1-3-30-20(11-32-17-8-9-18(25)14(2)10-17)28-29-23(30)34-13-21(31)27-22-26-19(12-33-22)15-4-6-16(24)7-5-15/h4-10,12H,3,11,13H2,1-2H3,(H,26,27,31). The number of halogens is 2. The summed E-state index contributed by atoms with van der Waals surface area (Å²) in [6.07, 6.45) is 0. The third kappa shape index (κ3) is 6.18. The van der Waals surface area contributed by atoms with Crippen LogP contribution in [-0.2, 0) is 17.9 Å². The van der Waals surface area contributed by atoms with Crippen LogP contribution in [0.25, 0.3) is 11.3 Å². The lowest BCUT2D eigenvalue weighted by Gasteiger charge is -2.09. The number of hydrogen-bond donors (Lipinski definition) is 1. The largest absolute Gasteiger partial charge is 0.486 e. The first-order chi connectivity index (χ1) is 16.4. The van der Waals surface area contributed by atoms with E-state index in [9.17, 15) is 4.79 Å². The molecule has 1 amide bonds. The molecule has 0 fully saturated rings. The van der Waals surface area contributed by atoms with E-state index in [-0.39, 0.29) is 18.3 Å². The predicted molar refractivity (Wildman–Crippen MR) is 141 cm³/mol. The molecule has 0 bridgehead atoms. The molecular formula is C23H21BrClN5O2S2. The van der Waals surface area contributed by atoms with Crippen molar-refractivity contribution in [2.45, 2.75) is 32.2 Å². The molecule has 4 aromatic rings. The topological polar surface area (TPSA) is 81.9 Å². The van der Waals surface area contributed by atoms with Crippen molar-refractivity contribution in [3.8, 4) is 17.0 Å². The Labute approximate surface area is 219 Å². The van der Waals surface area contributed by atoms with Crippen LogP contribution in [0.4, 0.5) is 5.13 Å². The van der Waals surface area contributed by atoms with Crippen molar-refractivity contribution >= 4 is 61.7 Å². The van der Waals surface area contributed by atoms with Crippen LogP contribution in [0.2, 0.25) is 5.02 Å². The van der Waals surface area contributed by atoms with E-state index in [1.807, 2.05) is 60.2 Å². The number of aryl methyl sites for hydroxylation is 1. The minimum Gasteiger partial charge on any atom is -0.486 e. The molecule has 34 heavy (non-hydrogen) atoms. The zero-order valence-corrected chi connectivity index (χ0v) is 22.4. The molecule has 2 heterocycles. The number of rotatable bonds is 9. The van der Waals surface area contributed by atoms with Crippen LogP contribution >= 0.6 is 50.6 Å². The van der Waals surface area contributed by atoms with Gasteiger partial charge in [0.25, 0.3) is 0 Å². The van der Waals surface area contributed by atoms with Gasteiger partial charge in [0.15, 0.2) is 16.1 Å². The number of ether oxygens (including phenoxy) is 1. The van der Waals surface area contributed by atoms with E-state index in [1.54, 1.807) is 6.07 Å². The second kappa shape index (κ2) is 11.4. The highest BCUT2D eigenvalue weighted by atomic mass is 79.9. The molecule has 0 aliphatic heterocycles. The van der Waals surface area contributed by atoms with Crippen molar-refractivity contribution in [3.63, 3.8) is 0 Å². The Bertz CT molecular complexity index is 1290. The minimum absolute atomic E-state index is 0.151. The molecule has 1 N–H and O–H groups in total. The molecule has 11 heteroatoms. The number of nitrogens with one attached hydrogen (secondary N) is 1. The smallest absolute Gasteiger partial charge is 0.236 e. The highest BCUT2D eigenvalue weighted by molar-refractivity contribution is 9.10. The number of thiazole rings is 1. The van der Waals surface area contributed by atoms with Gasteiger partial charge in [0.2, 0.25) is 5.91 Å². The van der Waals surface area contributed by atoms with Crippen LogP contribution in [0, 0.1) is 6.92 Å². The number of carbonyl (C=O) groups is 1. The molecule has 2 aromatic carbocycles. The van der Waals surface area contributed by atoms with Crippen molar-refractivity contribution in [2.24, 2.45) is 0 Å². The van der Waals surface area contributed by atoms with E-state index in [2.05, 4.69) is 36.4 Å². The summed E-state index contributed by atoms with van der Waals surface area (Å²) in [4.78, 5) is 17.0. The molecule has 0 unspecified atom stereocenters. The summed E-state index contributed by atoms with van der Waals surface area (Å²) in [5.41, 5.74) is 2.77. The van der Waals surface area contributed by atoms with Gasteiger partial charge in [0.1, 0.15) is 12.4 Å². The van der Waals surface area contributed by atoms with Crippen LogP contribution in [0.5, 0.6) is 5.75 Å². The molecule has 176 valence electrons. The van der Waals surface area contributed by atoms with Gasteiger partial charge in [0, 0.05) is 27.0 Å². The first kappa shape index (κ1) is 24.7. The van der Waals surface area contributed by atoms with Gasteiger partial charge in [0.05, 0.1) is 11.4 Å². The van der Waals surface area contributed by atoms with E-state index in [1.165, 1.54) is 23.1 Å². The third-order valence-corrected chi connectivity index (χ3v) is 7.51. The summed E-state index contributed by atoms with van der Waals surface area (Å²) in [5, 5.41) is 15.2. The molecule has 0 atom stereocenters. The molecule has 0 aliphatic rings. The fourth-order valence-electron chi connectivity index (χ4n) is 3.07. The maximum absolute atomic E-state index is 12.5. The first-order valence-electron chi connectivity index (χ1n) is 10.4. The fourth-order valence-corrected chi connectivity index (χ4v) is 5.01. The molecule has 0 aliphatic carbocycles. The summed E-state index contributed by atoms with van der Waals surface area (Å²) in [6, 6.07) is 13.4. The van der Waals surface area contributed by atoms with Gasteiger partial charge in [-0.1, -0.05) is 51.4 Å². The molecule has 7 nitrogen and oxygen atoms in total. The van der Waals surface area contributed by atoms with Gasteiger partial charge in [-0.3, -0.25) is 4.79 Å². The summed E-state index contributed by atoms with van der Waals surface area (Å²) in [7, 11) is 0. The lowest BCUT2D eigenvalue weighted by atomic mass is 10.2. The Kier molecular flexibility index (Phi) is 8.25. The van der Waals surface area contributed by atoms with Crippen LogP contribution in [-0.4, -0.2) is 31.4 Å². The number of carbonyl (C=O) groups excluding carboxylic acids is 1. The first-order valence-corrected chi connectivity index (χ1v) is 13.4. The Hall–Kier alpha value is -2.40. The summed E-state index contributed by atoms with van der Waals surface area (Å²) >= 11 is 12.2. The Morgan fingerprint density at radius 3 is 2.76 bits per heavy atom. The summed E-state index contributed by atoms with van der Waals surface area (Å²) < 4.78 is 8.80. The van der Waals surface area contributed by atoms with Crippen LogP contribution in [0.3, 0.4) is 0 Å². The van der Waals surface area contributed by atoms with Gasteiger partial charge >= 0.3 is 0 Å². The number of amides is 1. The normalized spacial score (nSPS) is 10.9. The number of anilines is 1. The van der Waals surface area contributed by atoms with Crippen molar-refractivity contribution in [1.82, 2.24) is 19.7 Å². The van der Waals surface area contributed by atoms with E-state index in [4.69, 9.17) is 16.3 Å². The maximum atomic E-state index is 12.5. The number of thioether (sulfide) groups is 1. The highest BCUT2D eigenvalue weighted by Crippen LogP contribution is 2.27. The Morgan fingerprint density at radius 2 is 2.03 bits per heavy atom. The van der Waals surface area contributed by atoms with Crippen LogP contribution in [0.1, 0.15) is 18.3 Å². The van der Waals surface area contributed by atoms with Gasteiger partial charge in [-0.25, -0.2) is 4.98 Å². The van der Waals surface area contributed by atoms with Crippen molar-refractivity contribution < 1.29 is 9.53 Å². The Morgan fingerprint density at radius 1 is 1.24 bits per heavy atom. The van der Waals surface area contributed by atoms with Crippen LogP contribution < -0.4 is 10.1 Å². The van der Waals surface area contributed by atoms with E-state index < -0.39 is 0 Å². The third-order valence-electron chi connectivity index (χ3n) is 4.83. The van der Waals surface area contributed by atoms with E-state index in [0.29, 0.717) is 33.4 Å². The second-order valence-corrected chi connectivity index (χ2v) is 10.3. The highest BCUT2D eigenvalue weighted by Gasteiger charge is 2.15. The molecule has 0 radical (unpaired) electrons. The van der Waals surface area contributed by atoms with Crippen molar-refractivity contribution in [1.29, 1.82) is 0 Å².